The standard InChI is InChI=1S/C13H23FN2O3S/c1-4-11(12(17)15-2)13(14)5-9-20(18,10-6-13)16-7-8-19-3/h4H,5-10H2,1-3H3,(H,15,17)/b11-4+. The Hall–Kier alpha value is -0.950. The molecule has 1 rings (SSSR count). The Labute approximate surface area is 120 Å². The van der Waals surface area contributed by atoms with Crippen LogP contribution < -0.4 is 5.32 Å². The molecule has 1 heterocycles. The van der Waals surface area contributed by atoms with Crippen LogP contribution in [0.3, 0.4) is 0 Å². The molecular formula is C13H23FN2O3S. The van der Waals surface area contributed by atoms with Crippen LogP contribution in [0, 0.1) is 0 Å². The summed E-state index contributed by atoms with van der Waals surface area (Å²) in [6.45, 7) is 2.41. The lowest BCUT2D eigenvalue weighted by Crippen LogP contribution is -2.42. The van der Waals surface area contributed by atoms with Crippen molar-refractivity contribution < 1.29 is 18.1 Å². The number of allylic oxidation sites excluding steroid dienone is 1. The van der Waals surface area contributed by atoms with Crippen LogP contribution in [0.5, 0.6) is 0 Å². The molecule has 0 unspecified atom stereocenters. The maximum Gasteiger partial charge on any atom is 0.249 e. The summed E-state index contributed by atoms with van der Waals surface area (Å²) in [6.07, 6.45) is 1.62. The summed E-state index contributed by atoms with van der Waals surface area (Å²) < 4.78 is 36.3. The summed E-state index contributed by atoms with van der Waals surface area (Å²) >= 11 is 0. The van der Waals surface area contributed by atoms with Crippen molar-refractivity contribution >= 4 is 15.6 Å². The number of nitrogens with one attached hydrogen (secondary N) is 1. The van der Waals surface area contributed by atoms with E-state index in [9.17, 15) is 13.4 Å². The first-order chi connectivity index (χ1) is 9.40. The van der Waals surface area contributed by atoms with Gasteiger partial charge in [-0.3, -0.25) is 4.79 Å². The summed E-state index contributed by atoms with van der Waals surface area (Å²) in [7, 11) is 0.665. The van der Waals surface area contributed by atoms with Crippen molar-refractivity contribution in [3.8, 4) is 0 Å². The number of halogens is 1. The molecule has 0 aliphatic carbocycles. The van der Waals surface area contributed by atoms with E-state index in [0.717, 1.165) is 0 Å². The number of carbonyl (C=O) groups is 1. The highest BCUT2D eigenvalue weighted by Gasteiger charge is 2.41. The Bertz CT molecular complexity index is 482. The molecular weight excluding hydrogens is 283 g/mol. The molecule has 0 radical (unpaired) electrons. The first-order valence-electron chi connectivity index (χ1n) is 6.66. The smallest absolute Gasteiger partial charge is 0.249 e. The number of likely N-dealkylation sites (N-methyl/N-ethyl adjacent to an activating group) is 1. The van der Waals surface area contributed by atoms with Gasteiger partial charge in [0.1, 0.15) is 5.67 Å². The lowest BCUT2D eigenvalue weighted by Gasteiger charge is -2.32. The minimum Gasteiger partial charge on any atom is -0.383 e. The van der Waals surface area contributed by atoms with Crippen molar-refractivity contribution in [2.24, 2.45) is 4.36 Å². The zero-order chi connectivity index (χ0) is 15.2. The summed E-state index contributed by atoms with van der Waals surface area (Å²) in [6, 6.07) is 0. The molecule has 5 nitrogen and oxygen atoms in total. The molecule has 7 heteroatoms. The van der Waals surface area contributed by atoms with Crippen molar-refractivity contribution in [3.63, 3.8) is 0 Å². The number of alkyl halides is 1. The third kappa shape index (κ3) is 4.02. The zero-order valence-electron chi connectivity index (χ0n) is 12.3. The summed E-state index contributed by atoms with van der Waals surface area (Å²) in [5.41, 5.74) is -1.58. The van der Waals surface area contributed by atoms with Gasteiger partial charge in [-0.05, 0) is 19.8 Å². The second-order valence-corrected chi connectivity index (χ2v) is 7.39. The molecule has 1 aliphatic heterocycles. The third-order valence-electron chi connectivity index (χ3n) is 3.50. The minimum atomic E-state index is -2.36. The summed E-state index contributed by atoms with van der Waals surface area (Å²) in [4.78, 5) is 11.7. The van der Waals surface area contributed by atoms with Crippen LogP contribution in [-0.2, 0) is 19.3 Å². The Balaban J connectivity index is 2.80. The van der Waals surface area contributed by atoms with E-state index in [-0.39, 0.29) is 29.9 Å². The van der Waals surface area contributed by atoms with Crippen LogP contribution >= 0.6 is 0 Å². The Morgan fingerprint density at radius 3 is 2.55 bits per heavy atom. The van der Waals surface area contributed by atoms with Gasteiger partial charge in [0.25, 0.3) is 0 Å². The van der Waals surface area contributed by atoms with Gasteiger partial charge in [0.15, 0.2) is 0 Å². The Morgan fingerprint density at radius 2 is 2.10 bits per heavy atom. The maximum absolute atomic E-state index is 14.9. The summed E-state index contributed by atoms with van der Waals surface area (Å²) in [5.74, 6) is -0.0527. The highest BCUT2D eigenvalue weighted by Crippen LogP contribution is 2.35. The van der Waals surface area contributed by atoms with Gasteiger partial charge in [0, 0.05) is 41.0 Å². The molecule has 1 N–H and O–H groups in total. The minimum absolute atomic E-state index is 0.0649. The van der Waals surface area contributed by atoms with Gasteiger partial charge in [-0.2, -0.15) is 0 Å². The van der Waals surface area contributed by atoms with Crippen LogP contribution in [0.4, 0.5) is 4.39 Å². The third-order valence-corrected chi connectivity index (χ3v) is 5.84. The summed E-state index contributed by atoms with van der Waals surface area (Å²) in [5, 5.41) is 2.44. The van der Waals surface area contributed by atoms with E-state index in [4.69, 9.17) is 4.74 Å². The lowest BCUT2D eigenvalue weighted by atomic mass is 9.89. The zero-order valence-corrected chi connectivity index (χ0v) is 13.1. The number of nitrogens with zero attached hydrogens (tertiary/aromatic N) is 1. The second kappa shape index (κ2) is 7.17. The molecule has 1 saturated heterocycles. The number of ether oxygens (including phenoxy) is 1. The van der Waals surface area contributed by atoms with Crippen LogP contribution in [0.15, 0.2) is 16.0 Å². The number of rotatable bonds is 5. The van der Waals surface area contributed by atoms with E-state index < -0.39 is 21.3 Å². The number of amides is 1. The number of carbonyl (C=O) groups excluding carboxylic acids is 1. The van der Waals surface area contributed by atoms with Crippen LogP contribution in [0.25, 0.3) is 0 Å². The van der Waals surface area contributed by atoms with E-state index in [1.54, 1.807) is 14.0 Å². The Morgan fingerprint density at radius 1 is 1.50 bits per heavy atom. The van der Waals surface area contributed by atoms with E-state index in [1.807, 2.05) is 0 Å². The van der Waals surface area contributed by atoms with E-state index >= 15 is 0 Å². The molecule has 1 aliphatic rings. The van der Waals surface area contributed by atoms with E-state index in [2.05, 4.69) is 9.68 Å². The van der Waals surface area contributed by atoms with Crippen molar-refractivity contribution in [1.82, 2.24) is 5.32 Å². The van der Waals surface area contributed by atoms with Gasteiger partial charge in [-0.25, -0.2) is 13.0 Å². The number of methoxy groups -OCH3 is 1. The van der Waals surface area contributed by atoms with E-state index in [1.165, 1.54) is 13.1 Å². The highest BCUT2D eigenvalue weighted by molar-refractivity contribution is 7.93. The number of hydrogen-bond donors (Lipinski definition) is 1. The predicted octanol–water partition coefficient (Wildman–Crippen LogP) is 1.30. The fraction of sp³-hybridized carbons (Fsp3) is 0.769. The quantitative estimate of drug-likeness (QED) is 0.615. The van der Waals surface area contributed by atoms with Crippen molar-refractivity contribution in [2.45, 2.75) is 25.4 Å². The van der Waals surface area contributed by atoms with Gasteiger partial charge in [-0.1, -0.05) is 6.08 Å². The van der Waals surface area contributed by atoms with Crippen molar-refractivity contribution in [2.75, 3.05) is 38.8 Å². The van der Waals surface area contributed by atoms with Crippen LogP contribution in [0.1, 0.15) is 19.8 Å². The lowest BCUT2D eigenvalue weighted by molar-refractivity contribution is -0.118. The average Bonchev–Trinajstić information content (AvgIpc) is 2.44. The van der Waals surface area contributed by atoms with E-state index in [0.29, 0.717) is 13.2 Å². The molecule has 0 bridgehead atoms. The molecule has 1 amide bonds. The molecule has 0 aromatic heterocycles. The molecule has 0 spiro atoms. The molecule has 0 atom stereocenters. The highest BCUT2D eigenvalue weighted by atomic mass is 32.2. The first kappa shape index (κ1) is 17.1. The van der Waals surface area contributed by atoms with Gasteiger partial charge in [0.05, 0.1) is 13.2 Å². The predicted molar refractivity (Wildman–Crippen MR) is 77.9 cm³/mol. The monoisotopic (exact) mass is 306 g/mol. The van der Waals surface area contributed by atoms with Crippen LogP contribution in [-0.4, -0.2) is 54.6 Å². The van der Waals surface area contributed by atoms with Gasteiger partial charge >= 0.3 is 0 Å². The molecule has 116 valence electrons. The normalized spacial score (nSPS) is 30.9. The number of hydrogen-bond acceptors (Lipinski definition) is 4. The van der Waals surface area contributed by atoms with Gasteiger partial charge in [0.2, 0.25) is 5.91 Å². The Kier molecular flexibility index (Phi) is 6.13. The van der Waals surface area contributed by atoms with Gasteiger partial charge < -0.3 is 10.1 Å². The fourth-order valence-corrected chi connectivity index (χ4v) is 4.45. The first-order valence-corrected chi connectivity index (χ1v) is 8.51. The van der Waals surface area contributed by atoms with Crippen molar-refractivity contribution in [3.05, 3.63) is 11.6 Å². The van der Waals surface area contributed by atoms with Gasteiger partial charge in [-0.15, -0.1) is 0 Å². The average molecular weight is 306 g/mol. The molecule has 0 aromatic carbocycles. The SMILES string of the molecule is C/C=C(\C(=O)NC)C1(F)CCS(=O)(=NCCOC)CC1. The fourth-order valence-electron chi connectivity index (χ4n) is 2.29. The maximum atomic E-state index is 14.9. The molecule has 0 saturated carbocycles. The molecule has 20 heavy (non-hydrogen) atoms. The molecule has 0 aromatic rings. The van der Waals surface area contributed by atoms with Crippen LogP contribution in [0.2, 0.25) is 0 Å². The topological polar surface area (TPSA) is 67.8 Å². The van der Waals surface area contributed by atoms with Crippen molar-refractivity contribution in [1.29, 1.82) is 0 Å². The largest absolute Gasteiger partial charge is 0.383 e. The second-order valence-electron chi connectivity index (χ2n) is 4.77. The molecule has 1 fully saturated rings.